The van der Waals surface area contributed by atoms with Crippen molar-refractivity contribution >= 4 is 27.5 Å². The molecular formula is C11H12BrClFN. The van der Waals surface area contributed by atoms with Crippen molar-refractivity contribution in [1.82, 2.24) is 0 Å². The van der Waals surface area contributed by atoms with E-state index in [2.05, 4.69) is 15.9 Å². The smallest absolute Gasteiger partial charge is 0.138 e. The average Bonchev–Trinajstić information content (AvgIpc) is 2.60. The summed E-state index contributed by atoms with van der Waals surface area (Å²) in [5.74, 6) is -0.342. The molecule has 1 aromatic rings. The van der Waals surface area contributed by atoms with Gasteiger partial charge in [0, 0.05) is 10.6 Å². The number of hydrogen-bond donors (Lipinski definition) is 1. The fourth-order valence-electron chi connectivity index (χ4n) is 2.18. The van der Waals surface area contributed by atoms with Gasteiger partial charge >= 0.3 is 0 Å². The molecule has 2 N–H and O–H groups in total. The van der Waals surface area contributed by atoms with Gasteiger partial charge in [-0.2, -0.15) is 0 Å². The second-order valence-electron chi connectivity index (χ2n) is 4.11. The summed E-state index contributed by atoms with van der Waals surface area (Å²) < 4.78 is 13.6. The fraction of sp³-hybridized carbons (Fsp3) is 0.455. The molecule has 0 unspecified atom stereocenters. The van der Waals surface area contributed by atoms with Gasteiger partial charge in [0.1, 0.15) is 5.82 Å². The van der Waals surface area contributed by atoms with Gasteiger partial charge in [-0.25, -0.2) is 4.39 Å². The Kier molecular flexibility index (Phi) is 3.06. The topological polar surface area (TPSA) is 26.0 Å². The molecule has 0 aliphatic heterocycles. The van der Waals surface area contributed by atoms with Crippen LogP contribution in [-0.4, -0.2) is 0 Å². The monoisotopic (exact) mass is 291 g/mol. The summed E-state index contributed by atoms with van der Waals surface area (Å²) in [6, 6.07) is 3.04. The highest BCUT2D eigenvalue weighted by molar-refractivity contribution is 9.10. The maximum Gasteiger partial charge on any atom is 0.138 e. The highest BCUT2D eigenvalue weighted by atomic mass is 79.9. The third-order valence-corrected chi connectivity index (χ3v) is 3.96. The van der Waals surface area contributed by atoms with Crippen molar-refractivity contribution in [3.63, 3.8) is 0 Å². The highest BCUT2D eigenvalue weighted by Gasteiger charge is 2.33. The SMILES string of the molecule is NC1(c2cc(Br)c(F)cc2Cl)CCCC1. The molecule has 1 nitrogen and oxygen atoms in total. The van der Waals surface area contributed by atoms with E-state index in [4.69, 9.17) is 17.3 Å². The molecule has 2 rings (SSSR count). The first kappa shape index (κ1) is 11.4. The molecule has 0 heterocycles. The number of rotatable bonds is 1. The molecule has 0 amide bonds. The Morgan fingerprint density at radius 1 is 1.33 bits per heavy atom. The maximum absolute atomic E-state index is 13.2. The zero-order chi connectivity index (χ0) is 11.1. The van der Waals surface area contributed by atoms with E-state index in [1.807, 2.05) is 0 Å². The second-order valence-corrected chi connectivity index (χ2v) is 5.37. The first-order valence-corrected chi connectivity index (χ1v) is 6.14. The third kappa shape index (κ3) is 2.05. The summed E-state index contributed by atoms with van der Waals surface area (Å²) in [6.45, 7) is 0. The lowest BCUT2D eigenvalue weighted by molar-refractivity contribution is 0.460. The van der Waals surface area contributed by atoms with E-state index >= 15 is 0 Å². The van der Waals surface area contributed by atoms with E-state index in [0.29, 0.717) is 9.50 Å². The van der Waals surface area contributed by atoms with Crippen LogP contribution in [0.25, 0.3) is 0 Å². The van der Waals surface area contributed by atoms with Crippen LogP contribution in [0.5, 0.6) is 0 Å². The normalized spacial score (nSPS) is 19.5. The zero-order valence-corrected chi connectivity index (χ0v) is 10.5. The van der Waals surface area contributed by atoms with Crippen molar-refractivity contribution in [2.24, 2.45) is 5.73 Å². The molecule has 0 spiro atoms. The highest BCUT2D eigenvalue weighted by Crippen LogP contribution is 2.41. The Hall–Kier alpha value is -0.120. The van der Waals surface area contributed by atoms with Gasteiger partial charge in [-0.3, -0.25) is 0 Å². The predicted octanol–water partition coefficient (Wildman–Crippen LogP) is 3.97. The van der Waals surface area contributed by atoms with Crippen LogP contribution in [0.4, 0.5) is 4.39 Å². The minimum Gasteiger partial charge on any atom is -0.321 e. The first-order chi connectivity index (χ1) is 7.03. The van der Waals surface area contributed by atoms with Gasteiger partial charge in [-0.1, -0.05) is 24.4 Å². The van der Waals surface area contributed by atoms with Gasteiger partial charge in [0.25, 0.3) is 0 Å². The molecule has 0 aromatic heterocycles. The van der Waals surface area contributed by atoms with Crippen molar-refractivity contribution in [2.45, 2.75) is 31.2 Å². The van der Waals surface area contributed by atoms with E-state index in [1.165, 1.54) is 6.07 Å². The Morgan fingerprint density at radius 2 is 1.93 bits per heavy atom. The summed E-state index contributed by atoms with van der Waals surface area (Å²) in [6.07, 6.45) is 4.07. The van der Waals surface area contributed by atoms with Gasteiger partial charge < -0.3 is 5.73 Å². The molecule has 1 aliphatic carbocycles. The van der Waals surface area contributed by atoms with Crippen LogP contribution in [0.2, 0.25) is 5.02 Å². The molecule has 0 atom stereocenters. The molecule has 1 fully saturated rings. The lowest BCUT2D eigenvalue weighted by Crippen LogP contribution is -2.33. The Labute approximate surface area is 102 Å². The standard InChI is InChI=1S/C11H12BrClFN/c12-8-5-7(9(13)6-10(8)14)11(15)3-1-2-4-11/h5-6H,1-4,15H2. The van der Waals surface area contributed by atoms with Crippen LogP contribution in [0.3, 0.4) is 0 Å². The van der Waals surface area contributed by atoms with E-state index in [9.17, 15) is 4.39 Å². The summed E-state index contributed by atoms with van der Waals surface area (Å²) in [7, 11) is 0. The number of nitrogens with two attached hydrogens (primary N) is 1. The minimum atomic E-state index is -0.368. The van der Waals surface area contributed by atoms with Crippen molar-refractivity contribution < 1.29 is 4.39 Å². The van der Waals surface area contributed by atoms with Crippen LogP contribution >= 0.6 is 27.5 Å². The van der Waals surface area contributed by atoms with Crippen LogP contribution in [0.15, 0.2) is 16.6 Å². The molecule has 1 aromatic carbocycles. The van der Waals surface area contributed by atoms with Crippen LogP contribution in [-0.2, 0) is 5.54 Å². The van der Waals surface area contributed by atoms with Gasteiger partial charge in [0.2, 0.25) is 0 Å². The number of benzene rings is 1. The van der Waals surface area contributed by atoms with Crippen molar-refractivity contribution in [3.8, 4) is 0 Å². The Morgan fingerprint density at radius 3 is 2.53 bits per heavy atom. The van der Waals surface area contributed by atoms with Gasteiger partial charge in [0.05, 0.1) is 4.47 Å². The molecule has 82 valence electrons. The Bertz CT molecular complexity index is 388. The van der Waals surface area contributed by atoms with E-state index in [1.54, 1.807) is 6.07 Å². The lowest BCUT2D eigenvalue weighted by atomic mass is 9.89. The van der Waals surface area contributed by atoms with Crippen molar-refractivity contribution in [3.05, 3.63) is 33.0 Å². The average molecular weight is 293 g/mol. The van der Waals surface area contributed by atoms with E-state index < -0.39 is 0 Å². The van der Waals surface area contributed by atoms with Crippen LogP contribution in [0, 0.1) is 5.82 Å². The third-order valence-electron chi connectivity index (χ3n) is 3.04. The van der Waals surface area contributed by atoms with Gasteiger partial charge in [-0.05, 0) is 46.5 Å². The van der Waals surface area contributed by atoms with Crippen molar-refractivity contribution in [1.29, 1.82) is 0 Å². The summed E-state index contributed by atoms with van der Waals surface area (Å²) in [5, 5.41) is 0.431. The molecule has 0 bridgehead atoms. The van der Waals surface area contributed by atoms with Crippen LogP contribution < -0.4 is 5.73 Å². The molecular weight excluding hydrogens is 280 g/mol. The minimum absolute atomic E-state index is 0.342. The van der Waals surface area contributed by atoms with E-state index in [0.717, 1.165) is 31.2 Å². The largest absolute Gasteiger partial charge is 0.321 e. The zero-order valence-electron chi connectivity index (χ0n) is 8.19. The van der Waals surface area contributed by atoms with Gasteiger partial charge in [0.15, 0.2) is 0 Å². The van der Waals surface area contributed by atoms with Gasteiger partial charge in [-0.15, -0.1) is 0 Å². The molecule has 15 heavy (non-hydrogen) atoms. The molecule has 1 aliphatic rings. The molecule has 0 radical (unpaired) electrons. The van der Waals surface area contributed by atoms with E-state index in [-0.39, 0.29) is 11.4 Å². The number of hydrogen-bond acceptors (Lipinski definition) is 1. The summed E-state index contributed by atoms with van der Waals surface area (Å²) >= 11 is 9.19. The fourth-order valence-corrected chi connectivity index (χ4v) is 2.86. The lowest BCUT2D eigenvalue weighted by Gasteiger charge is -2.25. The Balaban J connectivity index is 2.48. The summed E-state index contributed by atoms with van der Waals surface area (Å²) in [5.41, 5.74) is 6.76. The first-order valence-electron chi connectivity index (χ1n) is 4.97. The number of halogens is 3. The molecule has 0 saturated heterocycles. The molecule has 4 heteroatoms. The van der Waals surface area contributed by atoms with Crippen molar-refractivity contribution in [2.75, 3.05) is 0 Å². The second kappa shape index (κ2) is 4.04. The predicted molar refractivity (Wildman–Crippen MR) is 63.4 cm³/mol. The summed E-state index contributed by atoms with van der Waals surface area (Å²) in [4.78, 5) is 0. The van der Waals surface area contributed by atoms with Crippen LogP contribution in [0.1, 0.15) is 31.2 Å². The maximum atomic E-state index is 13.2. The quantitative estimate of drug-likeness (QED) is 0.779. The molecule has 1 saturated carbocycles.